The summed E-state index contributed by atoms with van der Waals surface area (Å²) in [6.45, 7) is 1.45. The maximum absolute atomic E-state index is 9.28. The van der Waals surface area contributed by atoms with Gasteiger partial charge in [-0.1, -0.05) is 30.3 Å². The second-order valence-corrected chi connectivity index (χ2v) is 4.63. The van der Waals surface area contributed by atoms with Crippen molar-refractivity contribution in [1.29, 1.82) is 0 Å². The molecule has 0 saturated heterocycles. The Morgan fingerprint density at radius 1 is 1.24 bits per heavy atom. The Balaban J connectivity index is 2.24. The molecular formula is C15H20N4O2. The van der Waals surface area contributed by atoms with Crippen LogP contribution in [0.4, 0.5) is 11.6 Å². The molecule has 1 aromatic carbocycles. The van der Waals surface area contributed by atoms with Gasteiger partial charge in [0.25, 0.3) is 0 Å². The van der Waals surface area contributed by atoms with Crippen molar-refractivity contribution in [3.63, 3.8) is 0 Å². The molecule has 0 aliphatic heterocycles. The summed E-state index contributed by atoms with van der Waals surface area (Å²) in [6, 6.07) is 11.7. The minimum absolute atomic E-state index is 0.0380. The van der Waals surface area contributed by atoms with E-state index in [-0.39, 0.29) is 6.61 Å². The number of aromatic nitrogens is 2. The predicted molar refractivity (Wildman–Crippen MR) is 81.7 cm³/mol. The number of aliphatic hydroxyl groups excluding tert-OH is 1. The Hall–Kier alpha value is -2.18. The summed E-state index contributed by atoms with van der Waals surface area (Å²) in [5.74, 6) is 1.61. The number of benzene rings is 1. The standard InChI is InChI=1S/C15H20N4O2/c1-21-11-14-17-13(16)9-15(18-14)19(7-8-20)10-12-5-3-2-4-6-12/h2-6,9,20H,7-8,10-11H2,1H3,(H2,16,17,18). The van der Waals surface area contributed by atoms with Crippen LogP contribution < -0.4 is 10.6 Å². The summed E-state index contributed by atoms with van der Waals surface area (Å²) < 4.78 is 5.05. The highest BCUT2D eigenvalue weighted by Gasteiger charge is 2.11. The third-order valence-corrected chi connectivity index (χ3v) is 2.96. The Bertz CT molecular complexity index is 563. The molecule has 21 heavy (non-hydrogen) atoms. The summed E-state index contributed by atoms with van der Waals surface area (Å²) in [7, 11) is 1.59. The molecule has 0 unspecified atom stereocenters. The van der Waals surface area contributed by atoms with Gasteiger partial charge in [-0.2, -0.15) is 0 Å². The number of anilines is 2. The molecule has 6 nitrogen and oxygen atoms in total. The highest BCUT2D eigenvalue weighted by molar-refractivity contribution is 5.47. The first-order valence-electron chi connectivity index (χ1n) is 6.75. The van der Waals surface area contributed by atoms with Crippen molar-refractivity contribution in [2.75, 3.05) is 30.9 Å². The predicted octanol–water partition coefficient (Wildman–Crippen LogP) is 1.20. The van der Waals surface area contributed by atoms with E-state index in [4.69, 9.17) is 10.5 Å². The van der Waals surface area contributed by atoms with E-state index in [1.54, 1.807) is 13.2 Å². The summed E-state index contributed by atoms with van der Waals surface area (Å²) in [5.41, 5.74) is 6.96. The van der Waals surface area contributed by atoms with Gasteiger partial charge in [0.2, 0.25) is 0 Å². The molecule has 0 aliphatic rings. The molecule has 1 heterocycles. The van der Waals surface area contributed by atoms with Gasteiger partial charge in [-0.15, -0.1) is 0 Å². The Morgan fingerprint density at radius 2 is 2.00 bits per heavy atom. The van der Waals surface area contributed by atoms with E-state index in [1.807, 2.05) is 35.2 Å². The van der Waals surface area contributed by atoms with E-state index in [9.17, 15) is 5.11 Å². The molecule has 0 spiro atoms. The summed E-state index contributed by atoms with van der Waals surface area (Å²) in [6.07, 6.45) is 0. The number of hydrogen-bond acceptors (Lipinski definition) is 6. The zero-order chi connectivity index (χ0) is 15.1. The van der Waals surface area contributed by atoms with Crippen LogP contribution in [0.25, 0.3) is 0 Å². The van der Waals surface area contributed by atoms with Crippen LogP contribution in [-0.4, -0.2) is 35.3 Å². The van der Waals surface area contributed by atoms with Crippen LogP contribution in [-0.2, 0) is 17.9 Å². The van der Waals surface area contributed by atoms with Crippen LogP contribution in [0.1, 0.15) is 11.4 Å². The zero-order valence-corrected chi connectivity index (χ0v) is 12.1. The van der Waals surface area contributed by atoms with Crippen LogP contribution in [0.3, 0.4) is 0 Å². The maximum atomic E-state index is 9.28. The minimum Gasteiger partial charge on any atom is -0.395 e. The normalized spacial score (nSPS) is 10.6. The second-order valence-electron chi connectivity index (χ2n) is 4.63. The number of aliphatic hydroxyl groups is 1. The first-order chi connectivity index (χ1) is 10.2. The number of methoxy groups -OCH3 is 1. The minimum atomic E-state index is 0.0380. The Morgan fingerprint density at radius 3 is 2.67 bits per heavy atom. The second kappa shape index (κ2) is 7.56. The van der Waals surface area contributed by atoms with Gasteiger partial charge in [-0.25, -0.2) is 9.97 Å². The number of nitrogen functional groups attached to an aromatic ring is 1. The Labute approximate surface area is 124 Å². The van der Waals surface area contributed by atoms with Crippen molar-refractivity contribution in [3.8, 4) is 0 Å². The fraction of sp³-hybridized carbons (Fsp3) is 0.333. The Kier molecular flexibility index (Phi) is 5.48. The average Bonchev–Trinajstić information content (AvgIpc) is 2.48. The number of nitrogens with zero attached hydrogens (tertiary/aromatic N) is 3. The lowest BCUT2D eigenvalue weighted by Crippen LogP contribution is -2.27. The first-order valence-corrected chi connectivity index (χ1v) is 6.75. The molecule has 112 valence electrons. The molecule has 0 radical (unpaired) electrons. The van der Waals surface area contributed by atoms with Crippen molar-refractivity contribution in [2.24, 2.45) is 0 Å². The van der Waals surface area contributed by atoms with Gasteiger partial charge in [-0.05, 0) is 5.56 Å². The van der Waals surface area contributed by atoms with Gasteiger partial charge in [0, 0.05) is 26.3 Å². The monoisotopic (exact) mass is 288 g/mol. The van der Waals surface area contributed by atoms with Crippen molar-refractivity contribution in [3.05, 3.63) is 47.8 Å². The van der Waals surface area contributed by atoms with Gasteiger partial charge in [0.1, 0.15) is 18.2 Å². The SMILES string of the molecule is COCc1nc(N)cc(N(CCO)Cc2ccccc2)n1. The van der Waals surface area contributed by atoms with E-state index < -0.39 is 0 Å². The third-order valence-electron chi connectivity index (χ3n) is 2.96. The van der Waals surface area contributed by atoms with Crippen LogP contribution in [0.15, 0.2) is 36.4 Å². The van der Waals surface area contributed by atoms with Gasteiger partial charge in [0.15, 0.2) is 5.82 Å². The number of ether oxygens (including phenoxy) is 1. The van der Waals surface area contributed by atoms with Crippen molar-refractivity contribution in [1.82, 2.24) is 9.97 Å². The third kappa shape index (κ3) is 4.40. The van der Waals surface area contributed by atoms with Crippen molar-refractivity contribution in [2.45, 2.75) is 13.2 Å². The molecule has 0 saturated carbocycles. The van der Waals surface area contributed by atoms with E-state index in [1.165, 1.54) is 0 Å². The maximum Gasteiger partial charge on any atom is 0.158 e. The molecule has 0 aliphatic carbocycles. The van der Waals surface area contributed by atoms with E-state index in [2.05, 4.69) is 9.97 Å². The first kappa shape index (κ1) is 15.2. The van der Waals surface area contributed by atoms with Crippen molar-refractivity contribution < 1.29 is 9.84 Å². The molecule has 6 heteroatoms. The highest BCUT2D eigenvalue weighted by Crippen LogP contribution is 2.17. The molecule has 2 rings (SSSR count). The number of nitrogens with two attached hydrogens (primary N) is 1. The molecule has 3 N–H and O–H groups in total. The molecule has 0 bridgehead atoms. The van der Waals surface area contributed by atoms with Gasteiger partial charge in [-0.3, -0.25) is 0 Å². The van der Waals surface area contributed by atoms with E-state index in [0.717, 1.165) is 5.56 Å². The lowest BCUT2D eigenvalue weighted by atomic mass is 10.2. The molecule has 0 atom stereocenters. The summed E-state index contributed by atoms with van der Waals surface area (Å²) in [5, 5.41) is 9.28. The fourth-order valence-corrected chi connectivity index (χ4v) is 2.06. The average molecular weight is 288 g/mol. The highest BCUT2D eigenvalue weighted by atomic mass is 16.5. The summed E-state index contributed by atoms with van der Waals surface area (Å²) >= 11 is 0. The largest absolute Gasteiger partial charge is 0.395 e. The molecule has 2 aromatic rings. The summed E-state index contributed by atoms with van der Waals surface area (Å²) in [4.78, 5) is 10.5. The van der Waals surface area contributed by atoms with Crippen LogP contribution in [0, 0.1) is 0 Å². The molecule has 0 fully saturated rings. The van der Waals surface area contributed by atoms with Crippen molar-refractivity contribution >= 4 is 11.6 Å². The van der Waals surface area contributed by atoms with Gasteiger partial charge < -0.3 is 20.5 Å². The van der Waals surface area contributed by atoms with Crippen LogP contribution >= 0.6 is 0 Å². The lowest BCUT2D eigenvalue weighted by molar-refractivity contribution is 0.178. The number of hydrogen-bond donors (Lipinski definition) is 2. The number of rotatable bonds is 7. The van der Waals surface area contributed by atoms with Gasteiger partial charge in [0.05, 0.1) is 6.61 Å². The van der Waals surface area contributed by atoms with Crippen LogP contribution in [0.2, 0.25) is 0 Å². The topological polar surface area (TPSA) is 84.5 Å². The lowest BCUT2D eigenvalue weighted by Gasteiger charge is -2.23. The molecule has 1 aromatic heterocycles. The molecular weight excluding hydrogens is 268 g/mol. The van der Waals surface area contributed by atoms with Crippen LogP contribution in [0.5, 0.6) is 0 Å². The zero-order valence-electron chi connectivity index (χ0n) is 12.1. The quantitative estimate of drug-likeness (QED) is 0.796. The van der Waals surface area contributed by atoms with Gasteiger partial charge >= 0.3 is 0 Å². The van der Waals surface area contributed by atoms with E-state index >= 15 is 0 Å². The smallest absolute Gasteiger partial charge is 0.158 e. The fourth-order valence-electron chi connectivity index (χ4n) is 2.06. The van der Waals surface area contributed by atoms with E-state index in [0.29, 0.717) is 37.2 Å². The molecule has 0 amide bonds.